The molecule has 2 N–H and O–H groups in total. The second-order valence-electron chi connectivity index (χ2n) is 4.29. The minimum absolute atomic E-state index is 0.0331. The monoisotopic (exact) mass is 180 g/mol. The van der Waals surface area contributed by atoms with Crippen LogP contribution in [0.25, 0.3) is 0 Å². The van der Waals surface area contributed by atoms with Gasteiger partial charge in [0, 0.05) is 5.69 Å². The fourth-order valence-corrected chi connectivity index (χ4v) is 1.14. The van der Waals surface area contributed by atoms with Crippen molar-refractivity contribution in [2.45, 2.75) is 20.8 Å². The van der Waals surface area contributed by atoms with Crippen molar-refractivity contribution in [3.8, 4) is 0 Å². The summed E-state index contributed by atoms with van der Waals surface area (Å²) in [6.45, 7) is 6.07. The van der Waals surface area contributed by atoms with Gasteiger partial charge in [0.2, 0.25) is 0 Å². The number of hydrogen-bond donors (Lipinski definition) is 1. The lowest BCUT2D eigenvalue weighted by Gasteiger charge is -2.18. The molecule has 0 saturated heterocycles. The van der Waals surface area contributed by atoms with E-state index in [1.54, 1.807) is 12.1 Å². The van der Waals surface area contributed by atoms with Crippen LogP contribution in [0.3, 0.4) is 0 Å². The molecule has 1 aromatic rings. The number of hydrogen-bond acceptors (Lipinski definition) is 1. The molecule has 0 aliphatic heterocycles. The van der Waals surface area contributed by atoms with Crippen molar-refractivity contribution in [1.82, 2.24) is 0 Å². The van der Waals surface area contributed by atoms with Gasteiger partial charge < -0.3 is 5.73 Å². The SMILES string of the molecule is CC(C)(C)[CH]c1cc(N)ccc1F. The molecule has 0 fully saturated rings. The minimum atomic E-state index is -0.218. The molecule has 71 valence electrons. The Balaban J connectivity index is 2.94. The largest absolute Gasteiger partial charge is 0.399 e. The Kier molecular flexibility index (Phi) is 2.60. The van der Waals surface area contributed by atoms with E-state index in [0.717, 1.165) is 0 Å². The Morgan fingerprint density at radius 1 is 1.31 bits per heavy atom. The van der Waals surface area contributed by atoms with Crippen LogP contribution < -0.4 is 5.73 Å². The molecule has 0 saturated carbocycles. The van der Waals surface area contributed by atoms with Gasteiger partial charge in [-0.25, -0.2) is 4.39 Å². The zero-order valence-corrected chi connectivity index (χ0v) is 8.26. The Labute approximate surface area is 78.8 Å². The van der Waals surface area contributed by atoms with Crippen LogP contribution in [0.5, 0.6) is 0 Å². The van der Waals surface area contributed by atoms with Gasteiger partial charge in [-0.05, 0) is 35.6 Å². The maximum atomic E-state index is 13.2. The van der Waals surface area contributed by atoms with Crippen LogP contribution in [-0.4, -0.2) is 0 Å². The van der Waals surface area contributed by atoms with Crippen LogP contribution in [0, 0.1) is 17.7 Å². The summed E-state index contributed by atoms with van der Waals surface area (Å²) in [6, 6.07) is 4.61. The van der Waals surface area contributed by atoms with Crippen molar-refractivity contribution in [3.63, 3.8) is 0 Å². The maximum Gasteiger partial charge on any atom is 0.126 e. The molecule has 0 amide bonds. The van der Waals surface area contributed by atoms with Gasteiger partial charge in [0.05, 0.1) is 0 Å². The highest BCUT2D eigenvalue weighted by Crippen LogP contribution is 2.25. The third-order valence-electron chi connectivity index (χ3n) is 1.61. The number of rotatable bonds is 1. The van der Waals surface area contributed by atoms with Crippen molar-refractivity contribution in [2.75, 3.05) is 5.73 Å². The van der Waals surface area contributed by atoms with Crippen molar-refractivity contribution >= 4 is 5.69 Å². The number of nitrogens with two attached hydrogens (primary N) is 1. The molecule has 0 spiro atoms. The van der Waals surface area contributed by atoms with Crippen molar-refractivity contribution in [1.29, 1.82) is 0 Å². The van der Waals surface area contributed by atoms with E-state index in [1.165, 1.54) is 6.07 Å². The van der Waals surface area contributed by atoms with Crippen LogP contribution >= 0.6 is 0 Å². The normalized spacial score (nSPS) is 11.7. The van der Waals surface area contributed by atoms with E-state index in [0.29, 0.717) is 11.3 Å². The molecule has 1 aromatic carbocycles. The molecule has 0 aromatic heterocycles. The topological polar surface area (TPSA) is 26.0 Å². The minimum Gasteiger partial charge on any atom is -0.399 e. The molecule has 13 heavy (non-hydrogen) atoms. The molecule has 0 bridgehead atoms. The van der Waals surface area contributed by atoms with E-state index < -0.39 is 0 Å². The molecule has 1 radical (unpaired) electrons. The first kappa shape index (κ1) is 10.0. The van der Waals surface area contributed by atoms with Gasteiger partial charge in [-0.15, -0.1) is 0 Å². The van der Waals surface area contributed by atoms with Crippen LogP contribution in [0.2, 0.25) is 0 Å². The summed E-state index contributed by atoms with van der Waals surface area (Å²) in [6.07, 6.45) is 1.87. The lowest BCUT2D eigenvalue weighted by atomic mass is 9.88. The van der Waals surface area contributed by atoms with Gasteiger partial charge >= 0.3 is 0 Å². The summed E-state index contributed by atoms with van der Waals surface area (Å²) in [5.41, 5.74) is 6.70. The highest BCUT2D eigenvalue weighted by molar-refractivity contribution is 5.44. The third-order valence-corrected chi connectivity index (χ3v) is 1.61. The second-order valence-corrected chi connectivity index (χ2v) is 4.29. The van der Waals surface area contributed by atoms with E-state index in [4.69, 9.17) is 5.73 Å². The highest BCUT2D eigenvalue weighted by Gasteiger charge is 2.14. The summed E-state index contributed by atoms with van der Waals surface area (Å²) in [5, 5.41) is 0. The van der Waals surface area contributed by atoms with Gasteiger partial charge in [-0.1, -0.05) is 20.8 Å². The van der Waals surface area contributed by atoms with Gasteiger partial charge in [0.15, 0.2) is 0 Å². The number of benzene rings is 1. The summed E-state index contributed by atoms with van der Waals surface area (Å²) in [7, 11) is 0. The lowest BCUT2D eigenvalue weighted by molar-refractivity contribution is 0.495. The molecule has 1 rings (SSSR count). The van der Waals surface area contributed by atoms with E-state index >= 15 is 0 Å². The first-order valence-electron chi connectivity index (χ1n) is 4.29. The molecule has 0 heterocycles. The van der Waals surface area contributed by atoms with Gasteiger partial charge in [0.1, 0.15) is 5.82 Å². The van der Waals surface area contributed by atoms with Crippen molar-refractivity contribution in [2.24, 2.45) is 5.41 Å². The van der Waals surface area contributed by atoms with Gasteiger partial charge in [-0.2, -0.15) is 0 Å². The molecule has 0 unspecified atom stereocenters. The average molecular weight is 180 g/mol. The third kappa shape index (κ3) is 3.05. The summed E-state index contributed by atoms with van der Waals surface area (Å²) >= 11 is 0. The van der Waals surface area contributed by atoms with Crippen LogP contribution in [0.1, 0.15) is 26.3 Å². The van der Waals surface area contributed by atoms with E-state index in [1.807, 2.05) is 27.2 Å². The molecule has 0 aliphatic carbocycles. The molecular formula is C11H15FN. The summed E-state index contributed by atoms with van der Waals surface area (Å²) < 4.78 is 13.2. The number of anilines is 1. The lowest BCUT2D eigenvalue weighted by Crippen LogP contribution is -2.08. The summed E-state index contributed by atoms with van der Waals surface area (Å²) in [4.78, 5) is 0. The van der Waals surface area contributed by atoms with Gasteiger partial charge in [0.25, 0.3) is 0 Å². The fraction of sp³-hybridized carbons (Fsp3) is 0.364. The standard InChI is InChI=1S/C11H15FN/c1-11(2,3)7-8-6-9(13)4-5-10(8)12/h4-7H,13H2,1-3H3. The quantitative estimate of drug-likeness (QED) is 0.660. The van der Waals surface area contributed by atoms with Crippen molar-refractivity contribution in [3.05, 3.63) is 36.0 Å². The van der Waals surface area contributed by atoms with Crippen LogP contribution in [0.4, 0.5) is 10.1 Å². The molecule has 2 heteroatoms. The summed E-state index contributed by atoms with van der Waals surface area (Å²) in [5.74, 6) is -0.218. The maximum absolute atomic E-state index is 13.2. The Bertz CT molecular complexity index is 299. The van der Waals surface area contributed by atoms with Crippen LogP contribution in [0.15, 0.2) is 18.2 Å². The molecule has 0 atom stereocenters. The van der Waals surface area contributed by atoms with Gasteiger partial charge in [-0.3, -0.25) is 0 Å². The Morgan fingerprint density at radius 3 is 2.46 bits per heavy atom. The highest BCUT2D eigenvalue weighted by atomic mass is 19.1. The first-order chi connectivity index (χ1) is 5.88. The number of halogens is 1. The molecule has 0 aliphatic rings. The van der Waals surface area contributed by atoms with E-state index in [9.17, 15) is 4.39 Å². The smallest absolute Gasteiger partial charge is 0.126 e. The molecule has 1 nitrogen and oxygen atoms in total. The van der Waals surface area contributed by atoms with Crippen LogP contribution in [-0.2, 0) is 0 Å². The zero-order valence-electron chi connectivity index (χ0n) is 8.26. The predicted molar refractivity (Wildman–Crippen MR) is 53.7 cm³/mol. The first-order valence-corrected chi connectivity index (χ1v) is 4.29. The van der Waals surface area contributed by atoms with E-state index in [-0.39, 0.29) is 11.2 Å². The zero-order chi connectivity index (χ0) is 10.1. The number of nitrogen functional groups attached to an aromatic ring is 1. The molecular weight excluding hydrogens is 165 g/mol. The Morgan fingerprint density at radius 2 is 1.92 bits per heavy atom. The van der Waals surface area contributed by atoms with Crippen molar-refractivity contribution < 1.29 is 4.39 Å². The Hall–Kier alpha value is -1.05. The predicted octanol–water partition coefficient (Wildman–Crippen LogP) is 3.01. The second kappa shape index (κ2) is 3.36. The average Bonchev–Trinajstić information content (AvgIpc) is 1.94. The van der Waals surface area contributed by atoms with E-state index in [2.05, 4.69) is 0 Å². The fourth-order valence-electron chi connectivity index (χ4n) is 1.14.